The van der Waals surface area contributed by atoms with Gasteiger partial charge in [-0.2, -0.15) is 4.31 Å². The van der Waals surface area contributed by atoms with Gasteiger partial charge < -0.3 is 14.5 Å². The van der Waals surface area contributed by atoms with Crippen molar-refractivity contribution in [2.45, 2.75) is 18.7 Å². The number of halogens is 2. The Labute approximate surface area is 187 Å². The van der Waals surface area contributed by atoms with E-state index in [0.717, 1.165) is 12.1 Å². The van der Waals surface area contributed by atoms with Gasteiger partial charge in [0.1, 0.15) is 5.75 Å². The first-order valence-corrected chi connectivity index (χ1v) is 11.8. The van der Waals surface area contributed by atoms with E-state index in [1.807, 2.05) is 4.90 Å². The number of hydrogen-bond donors (Lipinski definition) is 0. The van der Waals surface area contributed by atoms with Crippen LogP contribution >= 0.6 is 0 Å². The summed E-state index contributed by atoms with van der Waals surface area (Å²) in [6.07, 6.45) is 0. The number of nitrogens with zero attached hydrogens (tertiary/aromatic N) is 3. The first-order chi connectivity index (χ1) is 15.2. The normalized spacial score (nSPS) is 14.7. The minimum atomic E-state index is -3.63. The number of methoxy groups -OCH3 is 1. The summed E-state index contributed by atoms with van der Waals surface area (Å²) in [5.41, 5.74) is 0.711. The molecule has 0 saturated carbocycles. The molecule has 1 amide bonds. The van der Waals surface area contributed by atoms with E-state index in [1.54, 1.807) is 30.9 Å². The third-order valence-electron chi connectivity index (χ3n) is 5.57. The maximum absolute atomic E-state index is 13.5. The predicted octanol–water partition coefficient (Wildman–Crippen LogP) is 2.97. The Kier molecular flexibility index (Phi) is 7.35. The lowest BCUT2D eigenvalue weighted by molar-refractivity contribution is 0.0746. The molecule has 1 fully saturated rings. The standard InChI is InChI=1S/C22H27F2N3O4S/c1-4-27(5-2)32(29,30)17-7-9-21(31-3)20(15-17)25-10-12-26(13-11-25)22(28)16-6-8-18(23)19(24)14-16/h6-9,14-15H,4-5,10-13H2,1-3H3. The van der Waals surface area contributed by atoms with Crippen LogP contribution in [-0.2, 0) is 10.0 Å². The number of hydrogen-bond acceptors (Lipinski definition) is 5. The van der Waals surface area contributed by atoms with Crippen molar-refractivity contribution in [3.63, 3.8) is 0 Å². The zero-order valence-corrected chi connectivity index (χ0v) is 19.2. The van der Waals surface area contributed by atoms with Gasteiger partial charge in [-0.3, -0.25) is 4.79 Å². The highest BCUT2D eigenvalue weighted by molar-refractivity contribution is 7.89. The van der Waals surface area contributed by atoms with Gasteiger partial charge in [0.15, 0.2) is 11.6 Å². The lowest BCUT2D eigenvalue weighted by Gasteiger charge is -2.37. The summed E-state index contributed by atoms with van der Waals surface area (Å²) < 4.78 is 59.4. The highest BCUT2D eigenvalue weighted by Crippen LogP contribution is 2.33. The molecule has 10 heteroatoms. The van der Waals surface area contributed by atoms with E-state index in [-0.39, 0.29) is 16.4 Å². The highest BCUT2D eigenvalue weighted by atomic mass is 32.2. The Balaban J connectivity index is 1.79. The van der Waals surface area contributed by atoms with E-state index in [9.17, 15) is 22.0 Å². The van der Waals surface area contributed by atoms with Crippen LogP contribution in [0.3, 0.4) is 0 Å². The van der Waals surface area contributed by atoms with Crippen molar-refractivity contribution in [3.05, 3.63) is 53.6 Å². The number of ether oxygens (including phenoxy) is 1. The third-order valence-corrected chi connectivity index (χ3v) is 7.61. The van der Waals surface area contributed by atoms with E-state index in [1.165, 1.54) is 23.5 Å². The fraction of sp³-hybridized carbons (Fsp3) is 0.409. The molecule has 2 aromatic carbocycles. The molecule has 0 N–H and O–H groups in total. The van der Waals surface area contributed by atoms with Gasteiger partial charge in [-0.05, 0) is 36.4 Å². The van der Waals surface area contributed by atoms with Crippen molar-refractivity contribution in [2.24, 2.45) is 0 Å². The Morgan fingerprint density at radius 1 is 1.00 bits per heavy atom. The minimum Gasteiger partial charge on any atom is -0.495 e. The number of anilines is 1. The second-order valence-corrected chi connectivity index (χ2v) is 9.27. The molecule has 0 bridgehead atoms. The second-order valence-electron chi connectivity index (χ2n) is 7.33. The van der Waals surface area contributed by atoms with E-state index < -0.39 is 21.7 Å². The van der Waals surface area contributed by atoms with Gasteiger partial charge in [0, 0.05) is 44.8 Å². The molecule has 1 aliphatic heterocycles. The molecule has 32 heavy (non-hydrogen) atoms. The summed E-state index contributed by atoms with van der Waals surface area (Å²) in [6, 6.07) is 7.85. The van der Waals surface area contributed by atoms with E-state index in [0.29, 0.717) is 50.7 Å². The van der Waals surface area contributed by atoms with Crippen LogP contribution in [0, 0.1) is 11.6 Å². The van der Waals surface area contributed by atoms with Crippen LogP contribution in [0.25, 0.3) is 0 Å². The topological polar surface area (TPSA) is 70.2 Å². The van der Waals surface area contributed by atoms with Gasteiger partial charge in [0.25, 0.3) is 5.91 Å². The molecule has 174 valence electrons. The number of benzene rings is 2. The van der Waals surface area contributed by atoms with Crippen LogP contribution in [0.2, 0.25) is 0 Å². The lowest BCUT2D eigenvalue weighted by atomic mass is 10.1. The Bertz CT molecular complexity index is 1080. The highest BCUT2D eigenvalue weighted by Gasteiger charge is 2.27. The lowest BCUT2D eigenvalue weighted by Crippen LogP contribution is -2.49. The van der Waals surface area contributed by atoms with E-state index in [2.05, 4.69) is 0 Å². The zero-order valence-electron chi connectivity index (χ0n) is 18.3. The molecule has 1 saturated heterocycles. The maximum atomic E-state index is 13.5. The summed E-state index contributed by atoms with van der Waals surface area (Å²) in [4.78, 5) is 16.4. The fourth-order valence-corrected chi connectivity index (χ4v) is 5.23. The number of carbonyl (C=O) groups is 1. The first-order valence-electron chi connectivity index (χ1n) is 10.4. The number of amides is 1. The van der Waals surface area contributed by atoms with Gasteiger partial charge in [-0.15, -0.1) is 0 Å². The molecule has 7 nitrogen and oxygen atoms in total. The summed E-state index contributed by atoms with van der Waals surface area (Å²) in [5, 5.41) is 0. The smallest absolute Gasteiger partial charge is 0.254 e. The molecule has 0 spiro atoms. The molecule has 2 aromatic rings. The van der Waals surface area contributed by atoms with Crippen molar-refractivity contribution in [1.82, 2.24) is 9.21 Å². The fourth-order valence-electron chi connectivity index (χ4n) is 3.75. The van der Waals surface area contributed by atoms with Crippen molar-refractivity contribution in [2.75, 3.05) is 51.3 Å². The van der Waals surface area contributed by atoms with Crippen molar-refractivity contribution < 1.29 is 26.7 Å². The third kappa shape index (κ3) is 4.71. The zero-order chi connectivity index (χ0) is 23.5. The van der Waals surface area contributed by atoms with Crippen LogP contribution in [0.15, 0.2) is 41.3 Å². The second kappa shape index (κ2) is 9.83. The molecule has 0 atom stereocenters. The molecule has 0 radical (unpaired) electrons. The maximum Gasteiger partial charge on any atom is 0.254 e. The van der Waals surface area contributed by atoms with Crippen molar-refractivity contribution in [1.29, 1.82) is 0 Å². The Hall–Kier alpha value is -2.72. The summed E-state index contributed by atoms with van der Waals surface area (Å²) in [7, 11) is -2.12. The molecule has 0 aromatic heterocycles. The van der Waals surface area contributed by atoms with E-state index in [4.69, 9.17) is 4.74 Å². The van der Waals surface area contributed by atoms with Crippen LogP contribution in [0.1, 0.15) is 24.2 Å². The SMILES string of the molecule is CCN(CC)S(=O)(=O)c1ccc(OC)c(N2CCN(C(=O)c3ccc(F)c(F)c3)CC2)c1. The van der Waals surface area contributed by atoms with Crippen LogP contribution < -0.4 is 9.64 Å². The summed E-state index contributed by atoms with van der Waals surface area (Å²) >= 11 is 0. The number of piperazine rings is 1. The number of sulfonamides is 1. The van der Waals surface area contributed by atoms with Crippen molar-refractivity contribution in [3.8, 4) is 5.75 Å². The van der Waals surface area contributed by atoms with Gasteiger partial charge in [0.2, 0.25) is 10.0 Å². The molecule has 0 unspecified atom stereocenters. The summed E-state index contributed by atoms with van der Waals surface area (Å²) in [6.45, 7) is 5.85. The van der Waals surface area contributed by atoms with Crippen LogP contribution in [-0.4, -0.2) is 69.9 Å². The number of carbonyl (C=O) groups excluding carboxylic acids is 1. The molecule has 1 aliphatic rings. The number of rotatable bonds is 7. The van der Waals surface area contributed by atoms with Gasteiger partial charge in [-0.1, -0.05) is 13.8 Å². The largest absolute Gasteiger partial charge is 0.495 e. The van der Waals surface area contributed by atoms with Crippen LogP contribution in [0.4, 0.5) is 14.5 Å². The molecule has 3 rings (SSSR count). The van der Waals surface area contributed by atoms with Gasteiger partial charge in [0.05, 0.1) is 17.7 Å². The Morgan fingerprint density at radius 3 is 2.22 bits per heavy atom. The minimum absolute atomic E-state index is 0.0854. The molecule has 1 heterocycles. The van der Waals surface area contributed by atoms with Crippen LogP contribution in [0.5, 0.6) is 5.75 Å². The summed E-state index contributed by atoms with van der Waals surface area (Å²) in [5.74, 6) is -1.92. The van der Waals surface area contributed by atoms with Crippen molar-refractivity contribution >= 4 is 21.6 Å². The van der Waals surface area contributed by atoms with Gasteiger partial charge >= 0.3 is 0 Å². The molecular weight excluding hydrogens is 440 g/mol. The van der Waals surface area contributed by atoms with Gasteiger partial charge in [-0.25, -0.2) is 17.2 Å². The average molecular weight is 468 g/mol. The monoisotopic (exact) mass is 467 g/mol. The predicted molar refractivity (Wildman–Crippen MR) is 118 cm³/mol. The Morgan fingerprint density at radius 2 is 1.66 bits per heavy atom. The molecular formula is C22H27F2N3O4S. The van der Waals surface area contributed by atoms with E-state index >= 15 is 0 Å². The first kappa shape index (κ1) is 23.9. The quantitative estimate of drug-likeness (QED) is 0.626. The molecule has 0 aliphatic carbocycles. The average Bonchev–Trinajstić information content (AvgIpc) is 2.80.